The molecule has 0 saturated heterocycles. The predicted octanol–water partition coefficient (Wildman–Crippen LogP) is 3.72. The van der Waals surface area contributed by atoms with Crippen molar-refractivity contribution in [3.05, 3.63) is 58.3 Å². The first-order valence-electron chi connectivity index (χ1n) is 5.83. The Hall–Kier alpha value is -1.40. The van der Waals surface area contributed by atoms with Crippen LogP contribution >= 0.6 is 15.9 Å². The molecule has 0 bridgehead atoms. The molecule has 0 amide bonds. The van der Waals surface area contributed by atoms with Crippen molar-refractivity contribution in [1.29, 1.82) is 0 Å². The fraction of sp³-hybridized carbons (Fsp3) is 0.143. The van der Waals surface area contributed by atoms with Crippen molar-refractivity contribution < 1.29 is 12.8 Å². The number of halogens is 2. The standard InChI is InChI=1S/C14H13BrFNO2S/c1-10-9-11(15)3-8-14(10)17(2)20(18,19)13-6-4-12(16)5-7-13/h3-9H,1-2H3. The molecule has 0 aromatic heterocycles. The van der Waals surface area contributed by atoms with Crippen LogP contribution in [0.1, 0.15) is 5.56 Å². The summed E-state index contributed by atoms with van der Waals surface area (Å²) < 4.78 is 39.9. The van der Waals surface area contributed by atoms with Crippen LogP contribution in [0.3, 0.4) is 0 Å². The molecule has 0 aliphatic carbocycles. The van der Waals surface area contributed by atoms with E-state index in [9.17, 15) is 12.8 Å². The fourth-order valence-electron chi connectivity index (χ4n) is 1.87. The zero-order valence-electron chi connectivity index (χ0n) is 11.0. The van der Waals surface area contributed by atoms with Gasteiger partial charge in [-0.15, -0.1) is 0 Å². The highest BCUT2D eigenvalue weighted by molar-refractivity contribution is 9.10. The van der Waals surface area contributed by atoms with E-state index >= 15 is 0 Å². The van der Waals surface area contributed by atoms with Gasteiger partial charge in [0.2, 0.25) is 0 Å². The summed E-state index contributed by atoms with van der Waals surface area (Å²) in [6, 6.07) is 10.1. The number of rotatable bonds is 3. The molecule has 0 fully saturated rings. The highest BCUT2D eigenvalue weighted by atomic mass is 79.9. The van der Waals surface area contributed by atoms with Gasteiger partial charge in [0.05, 0.1) is 10.6 Å². The summed E-state index contributed by atoms with van der Waals surface area (Å²) in [5, 5.41) is 0. The molecular weight excluding hydrogens is 345 g/mol. The number of sulfonamides is 1. The average molecular weight is 358 g/mol. The van der Waals surface area contributed by atoms with E-state index in [1.54, 1.807) is 12.1 Å². The zero-order valence-corrected chi connectivity index (χ0v) is 13.4. The van der Waals surface area contributed by atoms with Gasteiger partial charge >= 0.3 is 0 Å². The summed E-state index contributed by atoms with van der Waals surface area (Å²) in [5.41, 5.74) is 1.41. The van der Waals surface area contributed by atoms with Crippen LogP contribution in [0.15, 0.2) is 51.8 Å². The maximum Gasteiger partial charge on any atom is 0.264 e. The Balaban J connectivity index is 2.45. The third kappa shape index (κ3) is 2.86. The molecule has 0 spiro atoms. The van der Waals surface area contributed by atoms with Gasteiger partial charge in [-0.2, -0.15) is 0 Å². The minimum Gasteiger partial charge on any atom is -0.269 e. The van der Waals surface area contributed by atoms with Crippen LogP contribution in [0.5, 0.6) is 0 Å². The number of nitrogens with zero attached hydrogens (tertiary/aromatic N) is 1. The third-order valence-electron chi connectivity index (χ3n) is 2.97. The minimum absolute atomic E-state index is 0.0590. The van der Waals surface area contributed by atoms with Crippen molar-refractivity contribution >= 4 is 31.6 Å². The summed E-state index contributed by atoms with van der Waals surface area (Å²) in [5.74, 6) is -0.466. The van der Waals surface area contributed by atoms with Crippen LogP contribution < -0.4 is 4.31 Å². The molecule has 0 atom stereocenters. The second-order valence-electron chi connectivity index (χ2n) is 4.36. The minimum atomic E-state index is -3.69. The molecule has 3 nitrogen and oxygen atoms in total. The summed E-state index contributed by atoms with van der Waals surface area (Å²) in [7, 11) is -2.21. The molecule has 0 heterocycles. The monoisotopic (exact) mass is 357 g/mol. The van der Waals surface area contributed by atoms with Gasteiger partial charge in [-0.1, -0.05) is 15.9 Å². The van der Waals surface area contributed by atoms with Gasteiger partial charge in [0.15, 0.2) is 0 Å². The molecule has 0 aliphatic rings. The molecule has 0 radical (unpaired) electrons. The molecule has 2 aromatic carbocycles. The van der Waals surface area contributed by atoms with Crippen LogP contribution in [-0.4, -0.2) is 15.5 Å². The number of hydrogen-bond donors (Lipinski definition) is 0. The van der Waals surface area contributed by atoms with E-state index in [4.69, 9.17) is 0 Å². The summed E-state index contributed by atoms with van der Waals surface area (Å²) in [4.78, 5) is 0.0590. The van der Waals surface area contributed by atoms with Gasteiger partial charge in [-0.05, 0) is 55.0 Å². The van der Waals surface area contributed by atoms with Crippen molar-refractivity contribution in [2.24, 2.45) is 0 Å². The molecule has 0 unspecified atom stereocenters. The van der Waals surface area contributed by atoms with Crippen LogP contribution in [0.2, 0.25) is 0 Å². The second kappa shape index (κ2) is 5.54. The van der Waals surface area contributed by atoms with Crippen LogP contribution in [0.4, 0.5) is 10.1 Å². The third-order valence-corrected chi connectivity index (χ3v) is 5.25. The Labute approximate surface area is 126 Å². The van der Waals surface area contributed by atoms with E-state index in [-0.39, 0.29) is 4.90 Å². The number of hydrogen-bond acceptors (Lipinski definition) is 2. The second-order valence-corrected chi connectivity index (χ2v) is 7.24. The lowest BCUT2D eigenvalue weighted by molar-refractivity contribution is 0.593. The number of anilines is 1. The molecule has 6 heteroatoms. The van der Waals surface area contributed by atoms with Crippen molar-refractivity contribution in [2.75, 3.05) is 11.4 Å². The van der Waals surface area contributed by atoms with Crippen molar-refractivity contribution in [1.82, 2.24) is 0 Å². The van der Waals surface area contributed by atoms with E-state index in [1.165, 1.54) is 23.5 Å². The highest BCUT2D eigenvalue weighted by Crippen LogP contribution is 2.27. The van der Waals surface area contributed by atoms with E-state index < -0.39 is 15.8 Å². The topological polar surface area (TPSA) is 37.4 Å². The van der Waals surface area contributed by atoms with E-state index in [2.05, 4.69) is 15.9 Å². The van der Waals surface area contributed by atoms with Gasteiger partial charge in [-0.3, -0.25) is 4.31 Å². The quantitative estimate of drug-likeness (QED) is 0.839. The summed E-state index contributed by atoms with van der Waals surface area (Å²) in [6.45, 7) is 1.83. The molecule has 0 N–H and O–H groups in total. The highest BCUT2D eigenvalue weighted by Gasteiger charge is 2.22. The molecular formula is C14H13BrFNO2S. The summed E-state index contributed by atoms with van der Waals surface area (Å²) in [6.07, 6.45) is 0. The van der Waals surface area contributed by atoms with E-state index in [1.807, 2.05) is 13.0 Å². The maximum absolute atomic E-state index is 12.9. The van der Waals surface area contributed by atoms with Crippen molar-refractivity contribution in [2.45, 2.75) is 11.8 Å². The SMILES string of the molecule is Cc1cc(Br)ccc1N(C)S(=O)(=O)c1ccc(F)cc1. The molecule has 106 valence electrons. The van der Waals surface area contributed by atoms with Crippen LogP contribution in [0, 0.1) is 12.7 Å². The Kier molecular flexibility index (Phi) is 4.15. The Morgan fingerprint density at radius 2 is 1.70 bits per heavy atom. The average Bonchev–Trinajstić information content (AvgIpc) is 2.38. The smallest absolute Gasteiger partial charge is 0.264 e. The lowest BCUT2D eigenvalue weighted by Gasteiger charge is -2.21. The molecule has 20 heavy (non-hydrogen) atoms. The molecule has 0 aliphatic heterocycles. The molecule has 2 rings (SSSR count). The first-order valence-corrected chi connectivity index (χ1v) is 8.06. The molecule has 0 saturated carbocycles. The first-order chi connectivity index (χ1) is 9.32. The van der Waals surface area contributed by atoms with E-state index in [0.29, 0.717) is 5.69 Å². The molecule has 2 aromatic rings. The van der Waals surface area contributed by atoms with Crippen LogP contribution in [0.25, 0.3) is 0 Å². The van der Waals surface area contributed by atoms with Gasteiger partial charge in [-0.25, -0.2) is 12.8 Å². The lowest BCUT2D eigenvalue weighted by Crippen LogP contribution is -2.27. The van der Waals surface area contributed by atoms with Gasteiger partial charge in [0.25, 0.3) is 10.0 Å². The Morgan fingerprint density at radius 1 is 1.10 bits per heavy atom. The van der Waals surface area contributed by atoms with Crippen molar-refractivity contribution in [3.63, 3.8) is 0 Å². The summed E-state index contributed by atoms with van der Waals surface area (Å²) >= 11 is 3.34. The van der Waals surface area contributed by atoms with Crippen LogP contribution in [-0.2, 0) is 10.0 Å². The Morgan fingerprint density at radius 3 is 2.25 bits per heavy atom. The predicted molar refractivity (Wildman–Crippen MR) is 80.9 cm³/mol. The Bertz CT molecular complexity index is 729. The normalized spacial score (nSPS) is 11.4. The first kappa shape index (κ1) is 15.0. The zero-order chi connectivity index (χ0) is 14.9. The van der Waals surface area contributed by atoms with Gasteiger partial charge in [0, 0.05) is 11.5 Å². The van der Waals surface area contributed by atoms with Gasteiger partial charge < -0.3 is 0 Å². The number of benzene rings is 2. The lowest BCUT2D eigenvalue weighted by atomic mass is 10.2. The van der Waals surface area contributed by atoms with E-state index in [0.717, 1.165) is 22.2 Å². The van der Waals surface area contributed by atoms with Crippen molar-refractivity contribution in [3.8, 4) is 0 Å². The fourth-order valence-corrected chi connectivity index (χ4v) is 3.60. The van der Waals surface area contributed by atoms with Gasteiger partial charge in [0.1, 0.15) is 5.82 Å². The maximum atomic E-state index is 12.9. The largest absolute Gasteiger partial charge is 0.269 e. The number of aryl methyl sites for hydroxylation is 1.